The zero-order valence-corrected chi connectivity index (χ0v) is 39.3. The second-order valence-electron chi connectivity index (χ2n) is 18.4. The highest BCUT2D eigenvalue weighted by atomic mass is 16.7. The van der Waals surface area contributed by atoms with Crippen LogP contribution in [0, 0.1) is 41.7 Å². The van der Waals surface area contributed by atoms with Crippen molar-refractivity contribution in [3.63, 3.8) is 0 Å². The first-order valence-corrected chi connectivity index (χ1v) is 24.1. The summed E-state index contributed by atoms with van der Waals surface area (Å²) in [4.78, 5) is 34.5. The van der Waals surface area contributed by atoms with Crippen LogP contribution in [0.1, 0.15) is 96.8 Å². The number of rotatable bonds is 21. The van der Waals surface area contributed by atoms with Crippen LogP contribution in [0.4, 0.5) is 5.69 Å². The van der Waals surface area contributed by atoms with Gasteiger partial charge < -0.3 is 34.2 Å². The molecule has 0 bridgehead atoms. The van der Waals surface area contributed by atoms with E-state index in [-0.39, 0.29) is 62.2 Å². The van der Waals surface area contributed by atoms with Gasteiger partial charge in [-0.1, -0.05) is 73.5 Å². The summed E-state index contributed by atoms with van der Waals surface area (Å²) in [6, 6.07) is 31.4. The first kappa shape index (κ1) is 48.1. The number of fused-ring (bicyclic) bond motifs is 3. The number of aryl methyl sites for hydroxylation is 2. The number of nitrogens with zero attached hydrogens (tertiary/aromatic N) is 3. The van der Waals surface area contributed by atoms with E-state index in [0.717, 1.165) is 58.9 Å². The number of oxime groups is 1. The predicted octanol–water partition coefficient (Wildman–Crippen LogP) is 11.5. The number of nitro benzene ring substituents is 1. The lowest BCUT2D eigenvalue weighted by molar-refractivity contribution is -0.384. The third-order valence-electron chi connectivity index (χ3n) is 14.0. The maximum absolute atomic E-state index is 15.3. The van der Waals surface area contributed by atoms with Gasteiger partial charge in [0.05, 0.1) is 23.2 Å². The topological polar surface area (TPSA) is 153 Å². The van der Waals surface area contributed by atoms with Gasteiger partial charge >= 0.3 is 0 Å². The lowest BCUT2D eigenvalue weighted by Crippen LogP contribution is -2.70. The summed E-state index contributed by atoms with van der Waals surface area (Å²) in [5.74, 6) is -0.275. The Labute approximate surface area is 399 Å². The molecule has 0 radical (unpaired) electrons. The first-order chi connectivity index (χ1) is 33.1. The summed E-state index contributed by atoms with van der Waals surface area (Å²) in [7, 11) is 0. The fourth-order valence-corrected chi connectivity index (χ4v) is 10.7. The van der Waals surface area contributed by atoms with E-state index in [1.54, 1.807) is 18.2 Å². The third kappa shape index (κ3) is 10.1. The number of unbranched alkanes of at least 4 members (excludes halogenated alkanes) is 2. The summed E-state index contributed by atoms with van der Waals surface area (Å²) in [5, 5.41) is 38.4. The average Bonchev–Trinajstić information content (AvgIpc) is 3.35. The Morgan fingerprint density at radius 3 is 2.37 bits per heavy atom. The number of aliphatic hydroxyl groups excluding tert-OH is 2. The van der Waals surface area contributed by atoms with Crippen molar-refractivity contribution in [2.75, 3.05) is 26.4 Å². The number of hydrogen-bond donors (Lipinski definition) is 2. The van der Waals surface area contributed by atoms with E-state index in [9.17, 15) is 20.3 Å². The van der Waals surface area contributed by atoms with Crippen LogP contribution in [0.15, 0.2) is 133 Å². The van der Waals surface area contributed by atoms with Gasteiger partial charge in [-0.3, -0.25) is 14.9 Å². The molecule has 6 atom stereocenters. The molecule has 0 aromatic heterocycles. The highest BCUT2D eigenvalue weighted by Gasteiger charge is 2.65. The molecule has 0 spiro atoms. The second kappa shape index (κ2) is 21.7. The number of non-ortho nitro benzene ring substituents is 1. The quantitative estimate of drug-likeness (QED) is 0.0317. The highest BCUT2D eigenvalue weighted by molar-refractivity contribution is 6.04. The lowest BCUT2D eigenvalue weighted by atomic mass is 9.55. The number of amides is 1. The number of aliphatic hydroxyl groups is 2. The molecule has 356 valence electrons. The zero-order chi connectivity index (χ0) is 47.8. The number of ether oxygens (including phenoxy) is 3. The molecule has 1 saturated carbocycles. The molecule has 1 amide bonds. The van der Waals surface area contributed by atoms with Gasteiger partial charge in [0.15, 0.2) is 0 Å². The lowest BCUT2D eigenvalue weighted by Gasteiger charge is -2.60. The Kier molecular flexibility index (Phi) is 15.4. The maximum Gasteiger partial charge on any atom is 0.269 e. The molecule has 8 rings (SSSR count). The number of benzene rings is 5. The van der Waals surface area contributed by atoms with E-state index in [4.69, 9.17) is 24.2 Å². The van der Waals surface area contributed by atoms with Gasteiger partial charge in [-0.25, -0.2) is 0 Å². The summed E-state index contributed by atoms with van der Waals surface area (Å²) >= 11 is 0. The minimum Gasteiger partial charge on any atom is -0.459 e. The van der Waals surface area contributed by atoms with Crippen LogP contribution in [-0.4, -0.2) is 69.8 Å². The molecule has 1 aliphatic heterocycles. The average molecular weight is 922 g/mol. The second-order valence-corrected chi connectivity index (χ2v) is 18.4. The molecule has 0 saturated heterocycles. The van der Waals surface area contributed by atoms with Crippen LogP contribution in [0.2, 0.25) is 0 Å². The fourth-order valence-electron chi connectivity index (χ4n) is 10.7. The van der Waals surface area contributed by atoms with Crippen molar-refractivity contribution in [1.29, 1.82) is 0 Å². The Balaban J connectivity index is 1.33. The summed E-state index contributed by atoms with van der Waals surface area (Å²) in [6.45, 7) is 11.0. The van der Waals surface area contributed by atoms with E-state index < -0.39 is 22.7 Å². The molecule has 12 nitrogen and oxygen atoms in total. The molecule has 2 aliphatic carbocycles. The Morgan fingerprint density at radius 1 is 0.912 bits per heavy atom. The minimum absolute atomic E-state index is 0.0163. The highest BCUT2D eigenvalue weighted by Crippen LogP contribution is 2.62. The molecule has 6 unspecified atom stereocenters. The van der Waals surface area contributed by atoms with E-state index >= 15 is 4.79 Å². The Hall–Kier alpha value is -6.34. The van der Waals surface area contributed by atoms with Crippen molar-refractivity contribution < 1.29 is 39.0 Å². The molecule has 2 N–H and O–H groups in total. The molecule has 5 aromatic rings. The summed E-state index contributed by atoms with van der Waals surface area (Å²) in [6.07, 6.45) is 9.38. The number of nitro groups is 1. The molecular formula is C56H63N3O9. The number of hydrogen-bond acceptors (Lipinski definition) is 10. The van der Waals surface area contributed by atoms with Crippen LogP contribution < -0.4 is 9.47 Å². The largest absolute Gasteiger partial charge is 0.459 e. The summed E-state index contributed by atoms with van der Waals surface area (Å²) in [5.41, 5.74) is 6.05. The van der Waals surface area contributed by atoms with Gasteiger partial charge in [0, 0.05) is 55.4 Å². The smallest absolute Gasteiger partial charge is 0.269 e. The van der Waals surface area contributed by atoms with Gasteiger partial charge in [-0.2, -0.15) is 0 Å². The molecule has 5 aromatic carbocycles. The third-order valence-corrected chi connectivity index (χ3v) is 14.0. The predicted molar refractivity (Wildman–Crippen MR) is 264 cm³/mol. The first-order valence-electron chi connectivity index (χ1n) is 24.1. The van der Waals surface area contributed by atoms with E-state index in [1.165, 1.54) is 17.7 Å². The standard InChI is InChI=1S/C56H63N3O9/c1-5-27-58(55(62)43-21-20-40-13-7-8-14-41(40)32-43)52-35-50(57-66-36-39-18-22-44(23-19-39)59(63)64)48-33-42(15-9-11-28-60)47(16-10-12-29-61)53-49-34-46(67-45-24-17-37(3)38(4)31-45)25-26-51(49)68-56(52,54(48)53)65-30-6-2/h6-8,13-14,17-26,31-34,42,47,52-54,60-61H,2,5,9-12,15-16,27-30,35-36H2,1,3-4H3. The SMILES string of the molecule is C=CCOC12Oc3ccc(Oc4ccc(C)c(C)c4)cc3C3C(CCCCO)C(CCCCO)C=C(C(=NOCc4ccc([N+](=O)[O-])cc4)CC1N(CCC)C(=O)c1ccc4ccccc4c1)C32. The van der Waals surface area contributed by atoms with E-state index in [2.05, 4.69) is 45.6 Å². The van der Waals surface area contributed by atoms with Crippen LogP contribution in [0.25, 0.3) is 10.8 Å². The van der Waals surface area contributed by atoms with E-state index in [0.29, 0.717) is 54.1 Å². The molecular weight excluding hydrogens is 859 g/mol. The van der Waals surface area contributed by atoms with Crippen molar-refractivity contribution in [2.24, 2.45) is 22.9 Å². The van der Waals surface area contributed by atoms with Crippen LogP contribution in [0.3, 0.4) is 0 Å². The van der Waals surface area contributed by atoms with Gasteiger partial charge in [0.25, 0.3) is 11.6 Å². The minimum atomic E-state index is -1.43. The van der Waals surface area contributed by atoms with Gasteiger partial charge in [-0.05, 0) is 145 Å². The normalized spacial score (nSPS) is 22.1. The number of carbonyl (C=O) groups excluding carboxylic acids is 1. The van der Waals surface area contributed by atoms with Crippen molar-refractivity contribution >= 4 is 28.1 Å². The molecule has 12 heteroatoms. The number of carbonyl (C=O) groups is 1. The van der Waals surface area contributed by atoms with Crippen molar-refractivity contribution in [3.05, 3.63) is 165 Å². The van der Waals surface area contributed by atoms with Gasteiger partial charge in [0.2, 0.25) is 5.79 Å². The monoisotopic (exact) mass is 921 g/mol. The maximum atomic E-state index is 15.3. The molecule has 3 aliphatic rings. The van der Waals surface area contributed by atoms with Crippen LogP contribution in [0.5, 0.6) is 17.2 Å². The van der Waals surface area contributed by atoms with Crippen molar-refractivity contribution in [3.8, 4) is 17.2 Å². The van der Waals surface area contributed by atoms with Crippen molar-refractivity contribution in [2.45, 2.75) is 96.5 Å². The van der Waals surface area contributed by atoms with E-state index in [1.807, 2.05) is 71.6 Å². The molecule has 68 heavy (non-hydrogen) atoms. The van der Waals surface area contributed by atoms with Gasteiger partial charge in [-0.15, -0.1) is 6.58 Å². The zero-order valence-electron chi connectivity index (χ0n) is 39.3. The fraction of sp³-hybridized carbons (Fsp3) is 0.393. The van der Waals surface area contributed by atoms with Crippen LogP contribution >= 0.6 is 0 Å². The Morgan fingerprint density at radius 2 is 1.65 bits per heavy atom. The summed E-state index contributed by atoms with van der Waals surface area (Å²) < 4.78 is 21.3. The molecule has 1 fully saturated rings. The Bertz CT molecular complexity index is 2660. The van der Waals surface area contributed by atoms with Crippen molar-refractivity contribution in [1.82, 2.24) is 4.90 Å². The van der Waals surface area contributed by atoms with Crippen LogP contribution in [-0.2, 0) is 16.2 Å². The number of allylic oxidation sites excluding steroid dienone is 1. The molecule has 1 heterocycles. The van der Waals surface area contributed by atoms with Gasteiger partial charge in [0.1, 0.15) is 29.9 Å².